The van der Waals surface area contributed by atoms with Crippen LogP contribution in [0.15, 0.2) is 30.3 Å². The van der Waals surface area contributed by atoms with Crippen LogP contribution in [0, 0.1) is 0 Å². The number of hydrogen-bond acceptors (Lipinski definition) is 0. The molecule has 79 valence electrons. The molecule has 2 rings (SSSR count). The molecule has 15 heavy (non-hydrogen) atoms. The van der Waals surface area contributed by atoms with E-state index in [0.29, 0.717) is 3.63 Å². The summed E-state index contributed by atoms with van der Waals surface area (Å²) < 4.78 is 0.364. The van der Waals surface area contributed by atoms with Crippen molar-refractivity contribution in [2.24, 2.45) is 0 Å². The Morgan fingerprint density at radius 3 is 2.53 bits per heavy atom. The number of hydrogen-bond donors (Lipinski definition) is 0. The summed E-state index contributed by atoms with van der Waals surface area (Å²) in [5.74, 6) is -0.546. The van der Waals surface area contributed by atoms with E-state index in [1.54, 1.807) is 0 Å². The summed E-state index contributed by atoms with van der Waals surface area (Å²) in [6, 6.07) is 8.45. The van der Waals surface area contributed by atoms with Crippen molar-refractivity contribution in [3.05, 3.63) is 41.5 Å². The summed E-state index contributed by atoms with van der Waals surface area (Å²) in [5.41, 5.74) is 2.65. The molecule has 1 radical (unpaired) electrons. The van der Waals surface area contributed by atoms with E-state index in [9.17, 15) is 0 Å². The summed E-state index contributed by atoms with van der Waals surface area (Å²) in [6.07, 6.45) is 4.39. The van der Waals surface area contributed by atoms with Crippen molar-refractivity contribution in [3.63, 3.8) is 0 Å². The number of benzene rings is 1. The zero-order chi connectivity index (χ0) is 11.1. The van der Waals surface area contributed by atoms with Crippen molar-refractivity contribution in [1.82, 2.24) is 0 Å². The van der Waals surface area contributed by atoms with Crippen molar-refractivity contribution >= 4 is 29.0 Å². The molecular weight excluding hydrogens is 322 g/mol. The first-order valence-electron chi connectivity index (χ1n) is 4.99. The molecule has 1 aromatic rings. The van der Waals surface area contributed by atoms with E-state index in [-0.39, 0.29) is 0 Å². The van der Waals surface area contributed by atoms with Gasteiger partial charge >= 0.3 is 104 Å². The predicted octanol–water partition coefficient (Wildman–Crippen LogP) is 4.47. The fraction of sp³-hybridized carbons (Fsp3) is 0.273. The van der Waals surface area contributed by atoms with Gasteiger partial charge in [-0.05, 0) is 0 Å². The first-order valence-corrected chi connectivity index (χ1v) is 18.9. The van der Waals surface area contributed by atoms with Crippen molar-refractivity contribution in [3.8, 4) is 0 Å². The third-order valence-electron chi connectivity index (χ3n) is 2.86. The van der Waals surface area contributed by atoms with E-state index in [1.165, 1.54) is 11.1 Å². The molecule has 0 amide bonds. The molecule has 1 atom stereocenters. The molecule has 0 N–H and O–H groups in total. The predicted molar refractivity (Wildman–Crippen MR) is 67.4 cm³/mol. The second-order valence-corrected chi connectivity index (χ2v) is 34.7. The maximum atomic E-state index is 6.67. The van der Waals surface area contributed by atoms with Crippen LogP contribution in [0.25, 0.3) is 6.08 Å². The van der Waals surface area contributed by atoms with Gasteiger partial charge in [-0.25, -0.2) is 0 Å². The van der Waals surface area contributed by atoms with Gasteiger partial charge in [0.05, 0.1) is 0 Å². The van der Waals surface area contributed by atoms with E-state index >= 15 is 0 Å². The molecule has 0 fully saturated rings. The number of rotatable bonds is 2. The summed E-state index contributed by atoms with van der Waals surface area (Å²) in [7, 11) is 13.3. The molecule has 0 nitrogen and oxygen atoms in total. The Bertz CT molecular complexity index is 401. The van der Waals surface area contributed by atoms with Crippen LogP contribution in [0.5, 0.6) is 0 Å². The van der Waals surface area contributed by atoms with Crippen LogP contribution in [-0.4, -0.2) is 5.92 Å². The van der Waals surface area contributed by atoms with Crippen LogP contribution in [0.2, 0.25) is 13.1 Å². The zero-order valence-corrected chi connectivity index (χ0v) is 13.8. The Kier molecular flexibility index (Phi) is 3.62. The van der Waals surface area contributed by atoms with Gasteiger partial charge in [-0.1, -0.05) is 0 Å². The van der Waals surface area contributed by atoms with E-state index in [1.807, 2.05) is 0 Å². The summed E-state index contributed by atoms with van der Waals surface area (Å²) >= 11 is -2.92. The third kappa shape index (κ3) is 2.20. The van der Waals surface area contributed by atoms with E-state index in [4.69, 9.17) is 17.0 Å². The molecule has 4 heteroatoms. The van der Waals surface area contributed by atoms with Gasteiger partial charge in [-0.3, -0.25) is 0 Å². The normalized spacial score (nSPS) is 19.7. The number of allylic oxidation sites excluding steroid dienone is 1. The molecule has 1 unspecified atom stereocenters. The Morgan fingerprint density at radius 2 is 1.87 bits per heavy atom. The van der Waals surface area contributed by atoms with Gasteiger partial charge in [-0.2, -0.15) is 0 Å². The second kappa shape index (κ2) is 4.49. The summed E-state index contributed by atoms with van der Waals surface area (Å²) in [4.78, 5) is 0. The van der Waals surface area contributed by atoms with Crippen LogP contribution in [0.4, 0.5) is 0 Å². The average Bonchev–Trinajstić information content (AvgIpc) is 2.61. The van der Waals surface area contributed by atoms with Gasteiger partial charge in [0.25, 0.3) is 0 Å². The second-order valence-electron chi connectivity index (χ2n) is 4.09. The molecule has 0 spiro atoms. The third-order valence-corrected chi connectivity index (χ3v) is 35.2. The van der Waals surface area contributed by atoms with Gasteiger partial charge < -0.3 is 0 Å². The first kappa shape index (κ1) is 12.1. The SMILES string of the molecule is C[Si](C)[Zr]([Cl])([Cl])[CH]1C=Cc2ccccc21. The fourth-order valence-corrected chi connectivity index (χ4v) is 13.3. The van der Waals surface area contributed by atoms with Gasteiger partial charge in [0, 0.05) is 0 Å². The molecule has 0 saturated heterocycles. The Balaban J connectivity index is 2.40. The molecular formula is C11H13Cl2SiZr. The van der Waals surface area contributed by atoms with Gasteiger partial charge in [-0.15, -0.1) is 0 Å². The summed E-state index contributed by atoms with van der Waals surface area (Å²) in [6.45, 7) is 4.49. The van der Waals surface area contributed by atoms with Crippen LogP contribution in [0.1, 0.15) is 14.8 Å². The quantitative estimate of drug-likeness (QED) is 0.700. The molecule has 0 heterocycles. The van der Waals surface area contributed by atoms with Crippen molar-refractivity contribution in [1.29, 1.82) is 0 Å². The van der Waals surface area contributed by atoms with Gasteiger partial charge in [0.2, 0.25) is 0 Å². The maximum absolute atomic E-state index is 6.67. The van der Waals surface area contributed by atoms with Crippen LogP contribution < -0.4 is 0 Å². The number of halogens is 2. The zero-order valence-electron chi connectivity index (χ0n) is 8.80. The molecule has 0 aromatic heterocycles. The molecule has 1 aliphatic rings. The Labute approximate surface area is 103 Å². The van der Waals surface area contributed by atoms with Crippen molar-refractivity contribution < 1.29 is 17.0 Å². The fourth-order valence-electron chi connectivity index (χ4n) is 1.88. The van der Waals surface area contributed by atoms with Crippen LogP contribution >= 0.6 is 17.0 Å². The first-order chi connectivity index (χ1) is 7.03. The standard InChI is InChI=1S/C9H7.C2H6Si.2ClH.Zr/c1-2-5-9-7-3-6-8(9)4-1;1-3-2;;;/h1-7H;1-2H3;2*1H;/q;;;;+2/p-2. The van der Waals surface area contributed by atoms with Crippen LogP contribution in [-0.2, 0) is 17.0 Å². The van der Waals surface area contributed by atoms with E-state index in [2.05, 4.69) is 49.5 Å². The van der Waals surface area contributed by atoms with Gasteiger partial charge in [0.1, 0.15) is 0 Å². The molecule has 0 aliphatic heterocycles. The Hall–Kier alpha value is 0.640. The molecule has 0 saturated carbocycles. The Morgan fingerprint density at radius 1 is 1.20 bits per heavy atom. The molecule has 1 aliphatic carbocycles. The summed E-state index contributed by atoms with van der Waals surface area (Å²) in [5, 5.41) is 0. The van der Waals surface area contributed by atoms with E-state index in [0.717, 1.165) is 0 Å². The average molecular weight is 335 g/mol. The number of fused-ring (bicyclic) bond motifs is 1. The topological polar surface area (TPSA) is 0 Å². The minimum absolute atomic E-state index is 0.364. The monoisotopic (exact) mass is 333 g/mol. The van der Waals surface area contributed by atoms with Crippen molar-refractivity contribution in [2.75, 3.05) is 0 Å². The van der Waals surface area contributed by atoms with Gasteiger partial charge in [0.15, 0.2) is 0 Å². The molecule has 1 aromatic carbocycles. The molecule has 0 bridgehead atoms. The van der Waals surface area contributed by atoms with Crippen molar-refractivity contribution in [2.45, 2.75) is 16.7 Å². The van der Waals surface area contributed by atoms with Crippen LogP contribution in [0.3, 0.4) is 0 Å². The van der Waals surface area contributed by atoms with E-state index < -0.39 is 23.0 Å². The minimum atomic E-state index is -2.92.